The second kappa shape index (κ2) is 8.99. The minimum atomic E-state index is 0.188. The summed E-state index contributed by atoms with van der Waals surface area (Å²) < 4.78 is 7.33. The van der Waals surface area contributed by atoms with E-state index in [1.165, 1.54) is 18.2 Å². The number of carbonyl (C=O) groups is 1. The lowest BCUT2D eigenvalue weighted by Crippen LogP contribution is -2.43. The van der Waals surface area contributed by atoms with Crippen LogP contribution in [-0.4, -0.2) is 51.5 Å². The summed E-state index contributed by atoms with van der Waals surface area (Å²) in [4.78, 5) is 14.7. The molecular weight excluding hydrogens is 372 g/mol. The number of piperidine rings is 1. The van der Waals surface area contributed by atoms with Gasteiger partial charge in [-0.15, -0.1) is 10.2 Å². The van der Waals surface area contributed by atoms with Crippen LogP contribution in [0.2, 0.25) is 0 Å². The first-order chi connectivity index (χ1) is 13.4. The van der Waals surface area contributed by atoms with Gasteiger partial charge in [-0.1, -0.05) is 25.6 Å². The number of rotatable bonds is 6. The molecule has 2 atom stereocenters. The van der Waals surface area contributed by atoms with Crippen molar-refractivity contribution in [2.24, 2.45) is 11.8 Å². The van der Waals surface area contributed by atoms with Gasteiger partial charge in [-0.3, -0.25) is 9.36 Å². The number of hydrogen-bond acceptors (Lipinski definition) is 5. The summed E-state index contributed by atoms with van der Waals surface area (Å²) in [6, 6.07) is 8.00. The molecule has 1 aliphatic rings. The van der Waals surface area contributed by atoms with E-state index in [1.54, 1.807) is 7.11 Å². The smallest absolute Gasteiger partial charge is 0.233 e. The zero-order chi connectivity index (χ0) is 20.3. The van der Waals surface area contributed by atoms with E-state index < -0.39 is 0 Å². The first-order valence-electron chi connectivity index (χ1n) is 9.89. The van der Waals surface area contributed by atoms with Crippen LogP contribution in [0.25, 0.3) is 11.4 Å². The second-order valence-electron chi connectivity index (χ2n) is 8.03. The highest BCUT2D eigenvalue weighted by molar-refractivity contribution is 7.99. The molecule has 1 fully saturated rings. The number of likely N-dealkylation sites (tertiary alicyclic amines) is 1. The maximum absolute atomic E-state index is 12.7. The van der Waals surface area contributed by atoms with Gasteiger partial charge in [-0.2, -0.15) is 0 Å². The summed E-state index contributed by atoms with van der Waals surface area (Å²) in [5, 5.41) is 9.57. The lowest BCUT2D eigenvalue weighted by atomic mass is 9.92. The van der Waals surface area contributed by atoms with Crippen LogP contribution in [0.1, 0.15) is 40.2 Å². The van der Waals surface area contributed by atoms with Crippen LogP contribution >= 0.6 is 11.8 Å². The van der Waals surface area contributed by atoms with Gasteiger partial charge >= 0.3 is 0 Å². The molecule has 0 radical (unpaired) electrons. The molecule has 1 aromatic carbocycles. The van der Waals surface area contributed by atoms with Gasteiger partial charge in [0, 0.05) is 24.7 Å². The summed E-state index contributed by atoms with van der Waals surface area (Å²) in [5.74, 6) is 3.34. The highest BCUT2D eigenvalue weighted by Crippen LogP contribution is 2.29. The van der Waals surface area contributed by atoms with Gasteiger partial charge in [0.15, 0.2) is 11.0 Å². The van der Waals surface area contributed by atoms with Crippen molar-refractivity contribution in [2.45, 2.75) is 45.3 Å². The first-order valence-corrected chi connectivity index (χ1v) is 10.9. The third kappa shape index (κ3) is 4.69. The Labute approximate surface area is 171 Å². The van der Waals surface area contributed by atoms with Crippen molar-refractivity contribution in [3.05, 3.63) is 24.3 Å². The van der Waals surface area contributed by atoms with Crippen molar-refractivity contribution in [1.29, 1.82) is 0 Å². The Morgan fingerprint density at radius 3 is 2.39 bits per heavy atom. The van der Waals surface area contributed by atoms with Crippen LogP contribution in [0.3, 0.4) is 0 Å². The Morgan fingerprint density at radius 1 is 1.18 bits per heavy atom. The predicted molar refractivity (Wildman–Crippen MR) is 113 cm³/mol. The fourth-order valence-corrected chi connectivity index (χ4v) is 4.83. The lowest BCUT2D eigenvalue weighted by Gasteiger charge is -2.35. The van der Waals surface area contributed by atoms with Gasteiger partial charge in [-0.25, -0.2) is 0 Å². The number of amides is 1. The summed E-state index contributed by atoms with van der Waals surface area (Å²) >= 11 is 1.48. The average molecular weight is 403 g/mol. The third-order valence-corrected chi connectivity index (χ3v) is 6.00. The van der Waals surface area contributed by atoms with Gasteiger partial charge in [0.2, 0.25) is 5.91 Å². The van der Waals surface area contributed by atoms with E-state index in [2.05, 4.69) is 42.5 Å². The molecule has 1 aliphatic heterocycles. The van der Waals surface area contributed by atoms with E-state index >= 15 is 0 Å². The second-order valence-corrected chi connectivity index (χ2v) is 8.97. The highest BCUT2D eigenvalue weighted by atomic mass is 32.2. The Morgan fingerprint density at radius 2 is 1.82 bits per heavy atom. The van der Waals surface area contributed by atoms with E-state index in [0.717, 1.165) is 35.4 Å². The number of nitrogens with zero attached hydrogens (tertiary/aromatic N) is 4. The first kappa shape index (κ1) is 20.7. The lowest BCUT2D eigenvalue weighted by molar-refractivity contribution is -0.130. The fraction of sp³-hybridized carbons (Fsp3) is 0.571. The summed E-state index contributed by atoms with van der Waals surface area (Å²) in [7, 11) is 1.65. The molecule has 2 heterocycles. The van der Waals surface area contributed by atoms with Crippen molar-refractivity contribution in [3.63, 3.8) is 0 Å². The van der Waals surface area contributed by atoms with Crippen LogP contribution in [0.4, 0.5) is 0 Å². The SMILES string of the molecule is COc1ccc(-c2nnc(SCC(=O)N3C[C@@H](C)C[C@H](C)C3)n2C(C)C)cc1. The fourth-order valence-electron chi connectivity index (χ4n) is 3.86. The van der Waals surface area contributed by atoms with Crippen molar-refractivity contribution in [1.82, 2.24) is 19.7 Å². The van der Waals surface area contributed by atoms with Gasteiger partial charge in [0.25, 0.3) is 0 Å². The zero-order valence-corrected chi connectivity index (χ0v) is 18.2. The van der Waals surface area contributed by atoms with Crippen molar-refractivity contribution < 1.29 is 9.53 Å². The van der Waals surface area contributed by atoms with Gasteiger partial charge in [0.1, 0.15) is 5.75 Å². The predicted octanol–water partition coefficient (Wildman–Crippen LogP) is 4.13. The topological polar surface area (TPSA) is 60.3 Å². The molecule has 0 N–H and O–H groups in total. The molecule has 0 bridgehead atoms. The van der Waals surface area contributed by atoms with E-state index in [9.17, 15) is 4.79 Å². The standard InChI is InChI=1S/C21H30N4O2S/c1-14(2)25-20(17-6-8-18(27-5)9-7-17)22-23-21(25)28-13-19(26)24-11-15(3)10-16(4)12-24/h6-9,14-16H,10-13H2,1-5H3/t15-,16-/m0/s1. The monoisotopic (exact) mass is 402 g/mol. The van der Waals surface area contributed by atoms with Crippen LogP contribution < -0.4 is 4.74 Å². The Balaban J connectivity index is 1.73. The molecule has 2 aromatic rings. The van der Waals surface area contributed by atoms with E-state index in [1.807, 2.05) is 29.2 Å². The molecular formula is C21H30N4O2S. The Bertz CT molecular complexity index is 793. The summed E-state index contributed by atoms with van der Waals surface area (Å²) in [6.07, 6.45) is 1.20. The maximum Gasteiger partial charge on any atom is 0.233 e. The largest absolute Gasteiger partial charge is 0.497 e. The highest BCUT2D eigenvalue weighted by Gasteiger charge is 2.26. The molecule has 0 unspecified atom stereocenters. The zero-order valence-electron chi connectivity index (χ0n) is 17.4. The molecule has 3 rings (SSSR count). The molecule has 0 aliphatic carbocycles. The number of aromatic nitrogens is 3. The minimum Gasteiger partial charge on any atom is -0.497 e. The van der Waals surface area contributed by atoms with E-state index in [-0.39, 0.29) is 11.9 Å². The molecule has 28 heavy (non-hydrogen) atoms. The van der Waals surface area contributed by atoms with Gasteiger partial charge < -0.3 is 9.64 Å². The van der Waals surface area contributed by atoms with E-state index in [0.29, 0.717) is 17.6 Å². The summed E-state index contributed by atoms with van der Waals surface area (Å²) in [6.45, 7) is 10.4. The number of carbonyl (C=O) groups excluding carboxylic acids is 1. The van der Waals surface area contributed by atoms with Crippen molar-refractivity contribution >= 4 is 17.7 Å². The Kier molecular flexibility index (Phi) is 6.65. The molecule has 6 nitrogen and oxygen atoms in total. The molecule has 1 amide bonds. The van der Waals surface area contributed by atoms with Crippen LogP contribution in [0.15, 0.2) is 29.4 Å². The number of thioether (sulfide) groups is 1. The number of methoxy groups -OCH3 is 1. The normalized spacial score (nSPS) is 19.9. The molecule has 1 saturated heterocycles. The minimum absolute atomic E-state index is 0.188. The van der Waals surface area contributed by atoms with Crippen molar-refractivity contribution in [2.75, 3.05) is 26.0 Å². The molecule has 1 aromatic heterocycles. The molecule has 0 saturated carbocycles. The number of benzene rings is 1. The Hall–Kier alpha value is -2.02. The van der Waals surface area contributed by atoms with Crippen LogP contribution in [-0.2, 0) is 4.79 Å². The molecule has 0 spiro atoms. The maximum atomic E-state index is 12.7. The van der Waals surface area contributed by atoms with Crippen LogP contribution in [0.5, 0.6) is 5.75 Å². The third-order valence-electron chi connectivity index (χ3n) is 5.08. The average Bonchev–Trinajstić information content (AvgIpc) is 3.09. The van der Waals surface area contributed by atoms with Crippen molar-refractivity contribution in [3.8, 4) is 17.1 Å². The quantitative estimate of drug-likeness (QED) is 0.680. The number of hydrogen-bond donors (Lipinski definition) is 0. The van der Waals surface area contributed by atoms with E-state index in [4.69, 9.17) is 4.74 Å². The number of ether oxygens (including phenoxy) is 1. The summed E-state index contributed by atoms with van der Waals surface area (Å²) in [5.41, 5.74) is 0.985. The van der Waals surface area contributed by atoms with Gasteiger partial charge in [-0.05, 0) is 56.4 Å². The molecule has 7 heteroatoms. The van der Waals surface area contributed by atoms with Crippen LogP contribution in [0, 0.1) is 11.8 Å². The van der Waals surface area contributed by atoms with Gasteiger partial charge in [0.05, 0.1) is 12.9 Å². The molecule has 152 valence electrons.